The van der Waals surface area contributed by atoms with Crippen LogP contribution in [0.3, 0.4) is 0 Å². The first-order valence-corrected chi connectivity index (χ1v) is 4.97. The molecule has 0 aliphatic carbocycles. The van der Waals surface area contributed by atoms with Crippen molar-refractivity contribution in [2.45, 2.75) is 0 Å². The van der Waals surface area contributed by atoms with E-state index in [9.17, 15) is 4.79 Å². The number of nitrogens with one attached hydrogen (secondary N) is 1. The fourth-order valence-electron chi connectivity index (χ4n) is 1.68. The summed E-state index contributed by atoms with van der Waals surface area (Å²) in [4.78, 5) is 26.4. The molecule has 3 heterocycles. The summed E-state index contributed by atoms with van der Waals surface area (Å²) in [5, 5.41) is 0.744. The minimum absolute atomic E-state index is 0.249. The summed E-state index contributed by atoms with van der Waals surface area (Å²) >= 11 is 0. The van der Waals surface area contributed by atoms with Crippen molar-refractivity contribution in [3.63, 3.8) is 0 Å². The van der Waals surface area contributed by atoms with E-state index in [4.69, 9.17) is 4.74 Å². The van der Waals surface area contributed by atoms with Crippen LogP contribution in [0.5, 0.6) is 5.88 Å². The Labute approximate surface area is 95.3 Å². The Kier molecular flexibility index (Phi) is 2.01. The number of rotatable bonds is 1. The lowest BCUT2D eigenvalue weighted by Crippen LogP contribution is -2.05. The monoisotopic (exact) mass is 228 g/mol. The van der Waals surface area contributed by atoms with Crippen molar-refractivity contribution in [1.29, 1.82) is 0 Å². The van der Waals surface area contributed by atoms with Gasteiger partial charge in [0.25, 0.3) is 5.56 Å². The molecule has 1 N–H and O–H groups in total. The maximum atomic E-state index is 11.3. The summed E-state index contributed by atoms with van der Waals surface area (Å²) in [6, 6.07) is 3.52. The van der Waals surface area contributed by atoms with Gasteiger partial charge >= 0.3 is 0 Å². The summed E-state index contributed by atoms with van der Waals surface area (Å²) in [6.07, 6.45) is 2.80. The fraction of sp³-hybridized carbons (Fsp3) is 0.0909. The predicted octanol–water partition coefficient (Wildman–Crippen LogP) is 0.875. The Morgan fingerprint density at radius 1 is 1.24 bits per heavy atom. The molecule has 6 heteroatoms. The van der Waals surface area contributed by atoms with Gasteiger partial charge in [0.1, 0.15) is 5.52 Å². The maximum Gasteiger partial charge on any atom is 0.266 e. The standard InChI is InChI=1S/C11H8N4O2/c1-17-9-3-2-6-10-7(4-13-11(6)15-9)12-5-8(16)14-10/h2-5H,1H3,(H,14,16). The third kappa shape index (κ3) is 1.50. The molecule has 17 heavy (non-hydrogen) atoms. The number of hydrogen-bond donors (Lipinski definition) is 1. The molecule has 0 amide bonds. The molecule has 6 nitrogen and oxygen atoms in total. The van der Waals surface area contributed by atoms with Gasteiger partial charge in [0.15, 0.2) is 5.65 Å². The Morgan fingerprint density at radius 3 is 2.94 bits per heavy atom. The Hall–Kier alpha value is -2.50. The van der Waals surface area contributed by atoms with Gasteiger partial charge < -0.3 is 9.72 Å². The average molecular weight is 228 g/mol. The minimum atomic E-state index is -0.249. The molecule has 0 spiro atoms. The van der Waals surface area contributed by atoms with Gasteiger partial charge in [0.2, 0.25) is 5.88 Å². The Morgan fingerprint density at radius 2 is 2.12 bits per heavy atom. The van der Waals surface area contributed by atoms with Gasteiger partial charge in [-0.05, 0) is 6.07 Å². The van der Waals surface area contributed by atoms with Crippen molar-refractivity contribution in [2.75, 3.05) is 7.11 Å². The van der Waals surface area contributed by atoms with E-state index in [-0.39, 0.29) is 5.56 Å². The molecule has 0 unspecified atom stereocenters. The van der Waals surface area contributed by atoms with Crippen LogP contribution in [0.1, 0.15) is 0 Å². The van der Waals surface area contributed by atoms with Gasteiger partial charge in [0.05, 0.1) is 25.0 Å². The number of methoxy groups -OCH3 is 1. The van der Waals surface area contributed by atoms with Crippen LogP contribution < -0.4 is 10.3 Å². The van der Waals surface area contributed by atoms with E-state index in [1.165, 1.54) is 6.20 Å². The van der Waals surface area contributed by atoms with Crippen LogP contribution in [0.4, 0.5) is 0 Å². The highest BCUT2D eigenvalue weighted by atomic mass is 16.5. The van der Waals surface area contributed by atoms with Gasteiger partial charge in [-0.25, -0.2) is 9.97 Å². The number of aromatic nitrogens is 4. The number of nitrogens with zero attached hydrogens (tertiary/aromatic N) is 3. The van der Waals surface area contributed by atoms with Crippen molar-refractivity contribution in [3.05, 3.63) is 34.9 Å². The normalized spacial score (nSPS) is 10.9. The lowest BCUT2D eigenvalue weighted by molar-refractivity contribution is 0.399. The molecule has 0 aliphatic heterocycles. The van der Waals surface area contributed by atoms with Crippen molar-refractivity contribution >= 4 is 22.1 Å². The molecule has 3 rings (SSSR count). The summed E-state index contributed by atoms with van der Waals surface area (Å²) in [5.41, 5.74) is 1.53. The second kappa shape index (κ2) is 3.51. The van der Waals surface area contributed by atoms with E-state index in [0.717, 1.165) is 5.39 Å². The zero-order valence-corrected chi connectivity index (χ0v) is 8.97. The van der Waals surface area contributed by atoms with Crippen molar-refractivity contribution in [2.24, 2.45) is 0 Å². The van der Waals surface area contributed by atoms with Crippen LogP contribution in [-0.4, -0.2) is 27.0 Å². The molecule has 0 atom stereocenters. The fourth-order valence-corrected chi connectivity index (χ4v) is 1.68. The van der Waals surface area contributed by atoms with Gasteiger partial charge in [-0.15, -0.1) is 0 Å². The predicted molar refractivity (Wildman–Crippen MR) is 62.0 cm³/mol. The van der Waals surface area contributed by atoms with E-state index < -0.39 is 0 Å². The molecular formula is C11H8N4O2. The molecule has 0 saturated heterocycles. The highest BCUT2D eigenvalue weighted by molar-refractivity contribution is 5.99. The molecule has 0 radical (unpaired) electrons. The molecule has 0 saturated carbocycles. The van der Waals surface area contributed by atoms with E-state index >= 15 is 0 Å². The average Bonchev–Trinajstić information content (AvgIpc) is 2.37. The third-order valence-corrected chi connectivity index (χ3v) is 2.46. The molecule has 3 aromatic rings. The molecule has 3 aromatic heterocycles. The molecule has 0 aliphatic rings. The van der Waals surface area contributed by atoms with Gasteiger partial charge in [-0.2, -0.15) is 4.98 Å². The first kappa shape index (κ1) is 9.71. The second-order valence-electron chi connectivity index (χ2n) is 3.49. The van der Waals surface area contributed by atoms with Gasteiger partial charge in [-0.3, -0.25) is 4.79 Å². The first-order valence-electron chi connectivity index (χ1n) is 4.97. The summed E-state index contributed by atoms with van der Waals surface area (Å²) < 4.78 is 5.02. The highest BCUT2D eigenvalue weighted by Crippen LogP contribution is 2.20. The van der Waals surface area contributed by atoms with E-state index in [2.05, 4.69) is 19.9 Å². The molecular weight excluding hydrogens is 220 g/mol. The lowest BCUT2D eigenvalue weighted by atomic mass is 10.2. The third-order valence-electron chi connectivity index (χ3n) is 2.46. The Balaban J connectivity index is 2.46. The molecule has 0 aromatic carbocycles. The number of H-pyrrole nitrogens is 1. The van der Waals surface area contributed by atoms with Crippen LogP contribution in [-0.2, 0) is 0 Å². The summed E-state index contributed by atoms with van der Waals surface area (Å²) in [6.45, 7) is 0. The topological polar surface area (TPSA) is 80.8 Å². The highest BCUT2D eigenvalue weighted by Gasteiger charge is 2.05. The minimum Gasteiger partial charge on any atom is -0.481 e. The van der Waals surface area contributed by atoms with Gasteiger partial charge in [0, 0.05) is 11.5 Å². The summed E-state index contributed by atoms with van der Waals surface area (Å²) in [7, 11) is 1.54. The van der Waals surface area contributed by atoms with Crippen LogP contribution in [0.25, 0.3) is 22.1 Å². The van der Waals surface area contributed by atoms with E-state index in [0.29, 0.717) is 22.6 Å². The number of pyridine rings is 2. The number of fused-ring (bicyclic) bond motifs is 3. The van der Waals surface area contributed by atoms with E-state index in [1.54, 1.807) is 25.4 Å². The van der Waals surface area contributed by atoms with Crippen LogP contribution in [0.2, 0.25) is 0 Å². The smallest absolute Gasteiger partial charge is 0.266 e. The van der Waals surface area contributed by atoms with Gasteiger partial charge in [-0.1, -0.05) is 0 Å². The largest absolute Gasteiger partial charge is 0.481 e. The van der Waals surface area contributed by atoms with Crippen molar-refractivity contribution in [1.82, 2.24) is 19.9 Å². The summed E-state index contributed by atoms with van der Waals surface area (Å²) in [5.74, 6) is 0.482. The maximum absolute atomic E-state index is 11.3. The van der Waals surface area contributed by atoms with Crippen molar-refractivity contribution in [3.8, 4) is 5.88 Å². The Bertz CT molecular complexity index is 766. The second-order valence-corrected chi connectivity index (χ2v) is 3.49. The molecule has 84 valence electrons. The van der Waals surface area contributed by atoms with Crippen LogP contribution >= 0.6 is 0 Å². The number of ether oxygens (including phenoxy) is 1. The number of aromatic amines is 1. The zero-order chi connectivity index (χ0) is 11.8. The number of hydrogen-bond acceptors (Lipinski definition) is 5. The quantitative estimate of drug-likeness (QED) is 0.625. The van der Waals surface area contributed by atoms with Crippen molar-refractivity contribution < 1.29 is 4.74 Å². The van der Waals surface area contributed by atoms with Crippen LogP contribution in [0.15, 0.2) is 29.3 Å². The van der Waals surface area contributed by atoms with Crippen LogP contribution in [0, 0.1) is 0 Å². The van der Waals surface area contributed by atoms with E-state index in [1.807, 2.05) is 0 Å². The molecule has 0 bridgehead atoms. The lowest BCUT2D eigenvalue weighted by Gasteiger charge is -2.03. The first-order chi connectivity index (χ1) is 8.28. The molecule has 0 fully saturated rings. The zero-order valence-electron chi connectivity index (χ0n) is 8.97. The SMILES string of the molecule is COc1ccc2c(ncc3ncc(=O)[nH]c32)n1.